The van der Waals surface area contributed by atoms with Gasteiger partial charge in [-0.1, -0.05) is 23.7 Å². The Kier molecular flexibility index (Phi) is 2.43. The third-order valence-electron chi connectivity index (χ3n) is 1.92. The standard InChI is InChI=1S/C10H8ClN3O/c11-10-8(12)5-9(13-14-10)6-2-1-3-7(15)4-6/h1-5,15H,(H2,12,13). The number of anilines is 1. The molecule has 1 heterocycles. The first kappa shape index (κ1) is 9.73. The first-order valence-corrected chi connectivity index (χ1v) is 4.63. The van der Waals surface area contributed by atoms with Crippen LogP contribution in [0.15, 0.2) is 30.3 Å². The summed E-state index contributed by atoms with van der Waals surface area (Å²) in [6, 6.07) is 8.30. The summed E-state index contributed by atoms with van der Waals surface area (Å²) in [5.74, 6) is 0.169. The normalized spacial score (nSPS) is 10.2. The summed E-state index contributed by atoms with van der Waals surface area (Å²) >= 11 is 5.65. The Hall–Kier alpha value is -1.81. The third kappa shape index (κ3) is 1.99. The lowest BCUT2D eigenvalue weighted by molar-refractivity contribution is 0.475. The molecule has 76 valence electrons. The van der Waals surface area contributed by atoms with E-state index in [2.05, 4.69) is 10.2 Å². The molecular formula is C10H8ClN3O. The van der Waals surface area contributed by atoms with Gasteiger partial charge in [0.05, 0.1) is 11.4 Å². The van der Waals surface area contributed by atoms with Crippen molar-refractivity contribution in [3.05, 3.63) is 35.5 Å². The number of hydrogen-bond donors (Lipinski definition) is 2. The summed E-state index contributed by atoms with van der Waals surface area (Å²) in [5.41, 5.74) is 7.28. The fraction of sp³-hybridized carbons (Fsp3) is 0. The quantitative estimate of drug-likeness (QED) is 0.774. The van der Waals surface area contributed by atoms with Crippen LogP contribution in [0.5, 0.6) is 5.75 Å². The maximum Gasteiger partial charge on any atom is 0.174 e. The van der Waals surface area contributed by atoms with Crippen molar-refractivity contribution in [2.45, 2.75) is 0 Å². The second kappa shape index (κ2) is 3.74. The molecule has 1 aromatic heterocycles. The SMILES string of the molecule is Nc1cc(-c2cccc(O)c2)nnc1Cl. The number of nitrogens with zero attached hydrogens (tertiary/aromatic N) is 2. The topological polar surface area (TPSA) is 72.0 Å². The largest absolute Gasteiger partial charge is 0.508 e. The fourth-order valence-electron chi connectivity index (χ4n) is 1.20. The van der Waals surface area contributed by atoms with Gasteiger partial charge >= 0.3 is 0 Å². The Morgan fingerprint density at radius 1 is 1.20 bits per heavy atom. The van der Waals surface area contributed by atoms with Crippen LogP contribution in [0.4, 0.5) is 5.69 Å². The third-order valence-corrected chi connectivity index (χ3v) is 2.21. The van der Waals surface area contributed by atoms with E-state index in [0.717, 1.165) is 5.56 Å². The predicted octanol–water partition coefficient (Wildman–Crippen LogP) is 2.08. The zero-order valence-corrected chi connectivity index (χ0v) is 8.44. The average Bonchev–Trinajstić information content (AvgIpc) is 2.22. The fourth-order valence-corrected chi connectivity index (χ4v) is 1.29. The molecule has 0 bridgehead atoms. The average molecular weight is 222 g/mol. The number of halogens is 1. The van der Waals surface area contributed by atoms with Crippen LogP contribution in [-0.4, -0.2) is 15.3 Å². The summed E-state index contributed by atoms with van der Waals surface area (Å²) in [6.45, 7) is 0. The highest BCUT2D eigenvalue weighted by molar-refractivity contribution is 6.31. The summed E-state index contributed by atoms with van der Waals surface area (Å²) in [7, 11) is 0. The highest BCUT2D eigenvalue weighted by atomic mass is 35.5. The van der Waals surface area contributed by atoms with Gasteiger partial charge in [0.25, 0.3) is 0 Å². The van der Waals surface area contributed by atoms with Gasteiger partial charge in [0, 0.05) is 5.56 Å². The zero-order valence-electron chi connectivity index (χ0n) is 7.68. The van der Waals surface area contributed by atoms with Gasteiger partial charge < -0.3 is 10.8 Å². The highest BCUT2D eigenvalue weighted by Crippen LogP contribution is 2.24. The molecule has 4 nitrogen and oxygen atoms in total. The van der Waals surface area contributed by atoms with Gasteiger partial charge in [-0.05, 0) is 18.2 Å². The Morgan fingerprint density at radius 2 is 2.00 bits per heavy atom. The molecule has 3 N–H and O–H groups in total. The lowest BCUT2D eigenvalue weighted by Crippen LogP contribution is -1.94. The number of phenolic OH excluding ortho intramolecular Hbond substituents is 1. The van der Waals surface area contributed by atoms with Gasteiger partial charge in [-0.2, -0.15) is 0 Å². The number of hydrogen-bond acceptors (Lipinski definition) is 4. The van der Waals surface area contributed by atoms with E-state index in [-0.39, 0.29) is 10.9 Å². The lowest BCUT2D eigenvalue weighted by atomic mass is 10.1. The summed E-state index contributed by atoms with van der Waals surface area (Å²) in [6.07, 6.45) is 0. The molecule has 5 heteroatoms. The molecule has 0 aliphatic heterocycles. The van der Waals surface area contributed by atoms with Crippen LogP contribution in [0.1, 0.15) is 0 Å². The van der Waals surface area contributed by atoms with E-state index in [1.165, 1.54) is 0 Å². The van der Waals surface area contributed by atoms with Crippen molar-refractivity contribution >= 4 is 17.3 Å². The van der Waals surface area contributed by atoms with Crippen molar-refractivity contribution in [3.8, 4) is 17.0 Å². The molecule has 0 saturated heterocycles. The molecule has 0 fully saturated rings. The van der Waals surface area contributed by atoms with Crippen LogP contribution in [0, 0.1) is 0 Å². The predicted molar refractivity (Wildman–Crippen MR) is 58.6 cm³/mol. The van der Waals surface area contributed by atoms with E-state index in [1.807, 2.05) is 0 Å². The minimum absolute atomic E-state index is 0.169. The molecule has 0 atom stereocenters. The van der Waals surface area contributed by atoms with Crippen LogP contribution in [-0.2, 0) is 0 Å². The first-order valence-electron chi connectivity index (χ1n) is 4.25. The van der Waals surface area contributed by atoms with Crippen LogP contribution in [0.2, 0.25) is 5.15 Å². The molecule has 0 spiro atoms. The second-order valence-corrected chi connectivity index (χ2v) is 3.38. The molecule has 15 heavy (non-hydrogen) atoms. The molecule has 2 aromatic rings. The number of aromatic nitrogens is 2. The molecule has 0 aliphatic rings. The number of phenols is 1. The van der Waals surface area contributed by atoms with Crippen molar-refractivity contribution in [1.82, 2.24) is 10.2 Å². The molecule has 0 unspecified atom stereocenters. The van der Waals surface area contributed by atoms with Gasteiger partial charge in [-0.15, -0.1) is 10.2 Å². The molecule has 2 rings (SSSR count). The van der Waals surface area contributed by atoms with E-state index < -0.39 is 0 Å². The van der Waals surface area contributed by atoms with Gasteiger partial charge in [0.15, 0.2) is 5.15 Å². The number of nitrogens with two attached hydrogens (primary N) is 1. The number of rotatable bonds is 1. The van der Waals surface area contributed by atoms with Crippen molar-refractivity contribution in [2.24, 2.45) is 0 Å². The molecule has 1 aromatic carbocycles. The number of benzene rings is 1. The van der Waals surface area contributed by atoms with Gasteiger partial charge in [0.1, 0.15) is 5.75 Å². The second-order valence-electron chi connectivity index (χ2n) is 3.03. The Labute approximate surface area is 91.3 Å². The van der Waals surface area contributed by atoms with E-state index in [0.29, 0.717) is 11.4 Å². The van der Waals surface area contributed by atoms with Crippen LogP contribution < -0.4 is 5.73 Å². The Bertz CT molecular complexity index is 502. The Morgan fingerprint density at radius 3 is 2.67 bits per heavy atom. The summed E-state index contributed by atoms with van der Waals surface area (Å²) < 4.78 is 0. The van der Waals surface area contributed by atoms with Gasteiger partial charge in [-0.25, -0.2) is 0 Å². The van der Waals surface area contributed by atoms with Crippen molar-refractivity contribution in [2.75, 3.05) is 5.73 Å². The van der Waals surface area contributed by atoms with E-state index in [4.69, 9.17) is 17.3 Å². The number of nitrogen functional groups attached to an aromatic ring is 1. The van der Waals surface area contributed by atoms with Crippen molar-refractivity contribution in [3.63, 3.8) is 0 Å². The minimum atomic E-state index is 0.169. The summed E-state index contributed by atoms with van der Waals surface area (Å²) in [4.78, 5) is 0. The zero-order chi connectivity index (χ0) is 10.8. The molecule has 0 aliphatic carbocycles. The molecule has 0 radical (unpaired) electrons. The molecular weight excluding hydrogens is 214 g/mol. The number of aromatic hydroxyl groups is 1. The minimum Gasteiger partial charge on any atom is -0.508 e. The van der Waals surface area contributed by atoms with E-state index >= 15 is 0 Å². The van der Waals surface area contributed by atoms with Crippen LogP contribution >= 0.6 is 11.6 Å². The summed E-state index contributed by atoms with van der Waals surface area (Å²) in [5, 5.41) is 17.0. The maximum atomic E-state index is 9.29. The van der Waals surface area contributed by atoms with Crippen molar-refractivity contribution in [1.29, 1.82) is 0 Å². The van der Waals surface area contributed by atoms with E-state index in [1.54, 1.807) is 30.3 Å². The maximum absolute atomic E-state index is 9.29. The van der Waals surface area contributed by atoms with Gasteiger partial charge in [-0.3, -0.25) is 0 Å². The van der Waals surface area contributed by atoms with E-state index in [9.17, 15) is 5.11 Å². The molecule has 0 saturated carbocycles. The van der Waals surface area contributed by atoms with Crippen LogP contribution in [0.3, 0.4) is 0 Å². The smallest absolute Gasteiger partial charge is 0.174 e. The van der Waals surface area contributed by atoms with Crippen LogP contribution in [0.25, 0.3) is 11.3 Å². The Balaban J connectivity index is 2.50. The van der Waals surface area contributed by atoms with Gasteiger partial charge in [0.2, 0.25) is 0 Å². The molecule has 0 amide bonds. The van der Waals surface area contributed by atoms with Crippen molar-refractivity contribution < 1.29 is 5.11 Å². The first-order chi connectivity index (χ1) is 7.16. The monoisotopic (exact) mass is 221 g/mol. The highest BCUT2D eigenvalue weighted by Gasteiger charge is 2.04. The lowest BCUT2D eigenvalue weighted by Gasteiger charge is -2.02.